The van der Waals surface area contributed by atoms with Gasteiger partial charge in [0.15, 0.2) is 5.78 Å². The first-order valence-corrected chi connectivity index (χ1v) is 12.3. The molecular weight excluding hydrogens is 476 g/mol. The Bertz CT molecular complexity index is 1450. The van der Waals surface area contributed by atoms with Crippen LogP contribution in [0.4, 0.5) is 0 Å². The Morgan fingerprint density at radius 3 is 2.18 bits per heavy atom. The van der Waals surface area contributed by atoms with Crippen LogP contribution in [0.3, 0.4) is 0 Å². The molecule has 0 aliphatic carbocycles. The van der Waals surface area contributed by atoms with Gasteiger partial charge in [-0.1, -0.05) is 79.4 Å². The minimum atomic E-state index is -0.395. The van der Waals surface area contributed by atoms with Gasteiger partial charge < -0.3 is 14.2 Å². The van der Waals surface area contributed by atoms with Gasteiger partial charge in [-0.15, -0.1) is 0 Å². The second kappa shape index (κ2) is 12.1. The number of methoxy groups -OCH3 is 2. The van der Waals surface area contributed by atoms with E-state index in [1.165, 1.54) is 0 Å². The number of esters is 1. The van der Waals surface area contributed by atoms with Crippen LogP contribution in [0, 0.1) is 0 Å². The molecule has 192 valence electrons. The molecule has 4 rings (SSSR count). The zero-order valence-electron chi connectivity index (χ0n) is 21.8. The molecule has 0 N–H and O–H groups in total. The third kappa shape index (κ3) is 5.84. The van der Waals surface area contributed by atoms with Crippen molar-refractivity contribution in [3.05, 3.63) is 120 Å². The fraction of sp³-hybridized carbons (Fsp3) is 0.152. The Labute approximate surface area is 223 Å². The molecule has 0 bridgehead atoms. The van der Waals surface area contributed by atoms with Crippen molar-refractivity contribution in [2.75, 3.05) is 20.8 Å². The SMILES string of the molecule is C=C(C)C(=O)OCCc1ccc(-c2c(C(=O)c3ccccc3)cccc2-c2ccc(OC)cc2OC)cc1. The van der Waals surface area contributed by atoms with Crippen LogP contribution in [0.5, 0.6) is 11.5 Å². The highest BCUT2D eigenvalue weighted by molar-refractivity contribution is 6.14. The summed E-state index contributed by atoms with van der Waals surface area (Å²) >= 11 is 0. The van der Waals surface area contributed by atoms with Gasteiger partial charge in [-0.2, -0.15) is 0 Å². The number of hydrogen-bond donors (Lipinski definition) is 0. The molecule has 5 nitrogen and oxygen atoms in total. The molecule has 38 heavy (non-hydrogen) atoms. The molecule has 0 atom stereocenters. The van der Waals surface area contributed by atoms with Crippen molar-refractivity contribution in [1.29, 1.82) is 0 Å². The van der Waals surface area contributed by atoms with Gasteiger partial charge in [0, 0.05) is 40.3 Å². The van der Waals surface area contributed by atoms with Crippen LogP contribution in [0.1, 0.15) is 28.4 Å². The van der Waals surface area contributed by atoms with Crippen molar-refractivity contribution in [3.8, 4) is 33.8 Å². The monoisotopic (exact) mass is 506 g/mol. The molecule has 0 saturated heterocycles. The van der Waals surface area contributed by atoms with Crippen LogP contribution >= 0.6 is 0 Å². The predicted octanol–water partition coefficient (Wildman–Crippen LogP) is 6.93. The van der Waals surface area contributed by atoms with E-state index in [-0.39, 0.29) is 12.4 Å². The number of hydrogen-bond acceptors (Lipinski definition) is 5. The molecule has 0 unspecified atom stereocenters. The van der Waals surface area contributed by atoms with Gasteiger partial charge in [-0.25, -0.2) is 4.79 Å². The number of ether oxygens (including phenoxy) is 3. The molecule has 0 heterocycles. The lowest BCUT2D eigenvalue weighted by molar-refractivity contribution is -0.138. The van der Waals surface area contributed by atoms with Gasteiger partial charge in [-0.05, 0) is 35.7 Å². The van der Waals surface area contributed by atoms with Crippen molar-refractivity contribution in [1.82, 2.24) is 0 Å². The van der Waals surface area contributed by atoms with E-state index < -0.39 is 5.97 Å². The molecule has 0 radical (unpaired) electrons. The maximum atomic E-state index is 13.7. The maximum absolute atomic E-state index is 13.7. The molecule has 5 heteroatoms. The third-order valence-corrected chi connectivity index (χ3v) is 6.26. The Morgan fingerprint density at radius 1 is 0.789 bits per heavy atom. The second-order valence-corrected chi connectivity index (χ2v) is 8.85. The lowest BCUT2D eigenvalue weighted by Gasteiger charge is -2.18. The highest BCUT2D eigenvalue weighted by Crippen LogP contribution is 2.41. The summed E-state index contributed by atoms with van der Waals surface area (Å²) in [5.74, 6) is 0.866. The van der Waals surface area contributed by atoms with Crippen molar-refractivity contribution in [2.45, 2.75) is 13.3 Å². The second-order valence-electron chi connectivity index (χ2n) is 8.85. The first-order chi connectivity index (χ1) is 18.4. The van der Waals surface area contributed by atoms with E-state index in [1.54, 1.807) is 21.1 Å². The average molecular weight is 507 g/mol. The van der Waals surface area contributed by atoms with E-state index >= 15 is 0 Å². The number of ketones is 1. The summed E-state index contributed by atoms with van der Waals surface area (Å²) in [6.07, 6.45) is 0.572. The molecule has 4 aromatic rings. The molecule has 4 aromatic carbocycles. The predicted molar refractivity (Wildman–Crippen MR) is 150 cm³/mol. The van der Waals surface area contributed by atoms with Crippen molar-refractivity contribution < 1.29 is 23.8 Å². The average Bonchev–Trinajstić information content (AvgIpc) is 2.96. The van der Waals surface area contributed by atoms with E-state index in [1.807, 2.05) is 91.0 Å². The zero-order valence-corrected chi connectivity index (χ0v) is 21.8. The summed E-state index contributed by atoms with van der Waals surface area (Å²) in [5.41, 5.74) is 6.01. The minimum absolute atomic E-state index is 0.0642. The van der Waals surface area contributed by atoms with Crippen LogP contribution in [0.2, 0.25) is 0 Å². The Balaban J connectivity index is 1.79. The van der Waals surface area contributed by atoms with Gasteiger partial charge in [-0.3, -0.25) is 4.79 Å². The number of benzene rings is 4. The Morgan fingerprint density at radius 2 is 1.53 bits per heavy atom. The minimum Gasteiger partial charge on any atom is -0.497 e. The van der Waals surface area contributed by atoms with Crippen molar-refractivity contribution in [2.24, 2.45) is 0 Å². The lowest BCUT2D eigenvalue weighted by Crippen LogP contribution is -2.08. The highest BCUT2D eigenvalue weighted by atomic mass is 16.5. The van der Waals surface area contributed by atoms with Gasteiger partial charge in [0.05, 0.1) is 20.8 Å². The Hall–Kier alpha value is -4.64. The van der Waals surface area contributed by atoms with Gasteiger partial charge in [0.2, 0.25) is 0 Å². The summed E-state index contributed by atoms with van der Waals surface area (Å²) in [7, 11) is 3.23. The van der Waals surface area contributed by atoms with Crippen LogP contribution < -0.4 is 9.47 Å². The van der Waals surface area contributed by atoms with E-state index in [0.29, 0.717) is 34.6 Å². The number of rotatable bonds is 10. The van der Waals surface area contributed by atoms with Crippen LogP contribution in [0.25, 0.3) is 22.3 Å². The smallest absolute Gasteiger partial charge is 0.333 e. The number of carbonyl (C=O) groups is 2. The molecule has 0 fully saturated rings. The topological polar surface area (TPSA) is 61.8 Å². The zero-order chi connectivity index (χ0) is 27.1. The van der Waals surface area contributed by atoms with E-state index in [4.69, 9.17) is 14.2 Å². The summed E-state index contributed by atoms with van der Waals surface area (Å²) in [5, 5.41) is 0. The molecule has 0 spiro atoms. The summed E-state index contributed by atoms with van der Waals surface area (Å²) < 4.78 is 16.3. The molecule has 0 aliphatic heterocycles. The Kier molecular flexibility index (Phi) is 8.39. The van der Waals surface area contributed by atoms with E-state index in [9.17, 15) is 9.59 Å². The fourth-order valence-electron chi connectivity index (χ4n) is 4.27. The fourth-order valence-corrected chi connectivity index (χ4v) is 4.27. The van der Waals surface area contributed by atoms with Crippen LogP contribution in [0.15, 0.2) is 103 Å². The largest absolute Gasteiger partial charge is 0.497 e. The van der Waals surface area contributed by atoms with E-state index in [2.05, 4.69) is 6.58 Å². The molecule has 0 aliphatic rings. The summed E-state index contributed by atoms with van der Waals surface area (Å²) in [6.45, 7) is 5.50. The highest BCUT2D eigenvalue weighted by Gasteiger charge is 2.21. The molecular formula is C33H30O5. The van der Waals surface area contributed by atoms with Crippen molar-refractivity contribution in [3.63, 3.8) is 0 Å². The molecule has 0 amide bonds. The molecule has 0 aromatic heterocycles. The first-order valence-electron chi connectivity index (χ1n) is 12.3. The normalized spacial score (nSPS) is 10.5. The first kappa shape index (κ1) is 26.4. The summed E-state index contributed by atoms with van der Waals surface area (Å²) in [6, 6.07) is 28.6. The van der Waals surface area contributed by atoms with Crippen LogP contribution in [-0.4, -0.2) is 32.6 Å². The van der Waals surface area contributed by atoms with Crippen molar-refractivity contribution >= 4 is 11.8 Å². The standard InChI is InChI=1S/C33H30O5/c1-22(2)33(35)38-20-19-23-13-15-24(16-14-23)31-28(27-18-17-26(36-3)21-30(27)37-4)11-8-12-29(31)32(34)25-9-6-5-7-10-25/h5-18,21H,1,19-20H2,2-4H3. The summed E-state index contributed by atoms with van der Waals surface area (Å²) in [4.78, 5) is 25.4. The molecule has 0 saturated carbocycles. The quantitative estimate of drug-likeness (QED) is 0.133. The third-order valence-electron chi connectivity index (χ3n) is 6.26. The number of carbonyl (C=O) groups excluding carboxylic acids is 2. The van der Waals surface area contributed by atoms with Gasteiger partial charge in [0.25, 0.3) is 0 Å². The van der Waals surface area contributed by atoms with Gasteiger partial charge in [0.1, 0.15) is 11.5 Å². The maximum Gasteiger partial charge on any atom is 0.333 e. The van der Waals surface area contributed by atoms with E-state index in [0.717, 1.165) is 27.8 Å². The van der Waals surface area contributed by atoms with Gasteiger partial charge >= 0.3 is 5.97 Å². The van der Waals surface area contributed by atoms with Crippen LogP contribution in [-0.2, 0) is 16.0 Å². The lowest BCUT2D eigenvalue weighted by atomic mass is 9.86.